The molecule has 0 aliphatic carbocycles. The van der Waals surface area contributed by atoms with E-state index in [0.29, 0.717) is 39.9 Å². The first-order valence-electron chi connectivity index (χ1n) is 10.7. The number of nitrogens with one attached hydrogen (secondary N) is 2. The van der Waals surface area contributed by atoms with E-state index in [4.69, 9.17) is 18.9 Å². The van der Waals surface area contributed by atoms with Gasteiger partial charge >= 0.3 is 0 Å². The van der Waals surface area contributed by atoms with Crippen LogP contribution in [0.1, 0.15) is 16.2 Å². The zero-order valence-electron chi connectivity index (χ0n) is 19.8. The monoisotopic (exact) mass is 475 g/mol. The van der Waals surface area contributed by atoms with E-state index in [1.807, 2.05) is 30.3 Å². The van der Waals surface area contributed by atoms with E-state index in [0.717, 1.165) is 17.0 Å². The van der Waals surface area contributed by atoms with Crippen LogP contribution >= 0.6 is 0 Å². The van der Waals surface area contributed by atoms with Crippen LogP contribution in [0.5, 0.6) is 23.0 Å². The van der Waals surface area contributed by atoms with E-state index in [9.17, 15) is 4.79 Å². The van der Waals surface area contributed by atoms with Gasteiger partial charge in [-0.2, -0.15) is 5.10 Å². The lowest BCUT2D eigenvalue weighted by atomic mass is 10.1. The van der Waals surface area contributed by atoms with Crippen molar-refractivity contribution in [3.8, 4) is 45.5 Å². The maximum Gasteiger partial charge on any atom is 0.269 e. The van der Waals surface area contributed by atoms with Crippen LogP contribution < -0.4 is 24.3 Å². The summed E-state index contributed by atoms with van der Waals surface area (Å²) in [5, 5.41) is 9.89. The number of methoxy groups -OCH3 is 4. The third kappa shape index (κ3) is 5.16. The lowest BCUT2D eigenvalue weighted by Crippen LogP contribution is -2.23. The summed E-state index contributed by atoms with van der Waals surface area (Å²) in [5.41, 5.74) is 3.90. The highest BCUT2D eigenvalue weighted by Gasteiger charge is 2.17. The number of ether oxygens (including phenoxy) is 4. The van der Waals surface area contributed by atoms with Gasteiger partial charge in [-0.3, -0.25) is 9.89 Å². The summed E-state index contributed by atoms with van der Waals surface area (Å²) in [5.74, 6) is 1.91. The van der Waals surface area contributed by atoms with Gasteiger partial charge in [0.2, 0.25) is 5.75 Å². The SMILES string of the molecule is COc1ccc(-c2cc(CNC(=O)c3cc(-c4cc(OC)c(OC)c(OC)c4)n[nH]3)ncn2)cc1. The summed E-state index contributed by atoms with van der Waals surface area (Å²) in [4.78, 5) is 21.3. The third-order valence-electron chi connectivity index (χ3n) is 5.32. The van der Waals surface area contributed by atoms with E-state index in [1.165, 1.54) is 27.7 Å². The molecule has 4 rings (SSSR count). The van der Waals surface area contributed by atoms with Crippen molar-refractivity contribution in [2.75, 3.05) is 28.4 Å². The Morgan fingerprint density at radius 2 is 1.54 bits per heavy atom. The van der Waals surface area contributed by atoms with Gasteiger partial charge in [0.05, 0.1) is 52.1 Å². The fraction of sp³-hybridized carbons (Fsp3) is 0.200. The molecule has 0 unspecified atom stereocenters. The van der Waals surface area contributed by atoms with Gasteiger partial charge in [-0.05, 0) is 48.5 Å². The minimum atomic E-state index is -0.319. The Hall–Kier alpha value is -4.60. The van der Waals surface area contributed by atoms with Crippen molar-refractivity contribution < 1.29 is 23.7 Å². The number of aromatic nitrogens is 4. The van der Waals surface area contributed by atoms with Crippen molar-refractivity contribution in [2.45, 2.75) is 6.54 Å². The number of benzene rings is 2. The smallest absolute Gasteiger partial charge is 0.269 e. The molecule has 1 amide bonds. The summed E-state index contributed by atoms with van der Waals surface area (Å²) in [6, 6.07) is 14.6. The molecule has 0 radical (unpaired) electrons. The Morgan fingerprint density at radius 3 is 2.17 bits per heavy atom. The number of carbonyl (C=O) groups excluding carboxylic acids is 1. The molecule has 10 heteroatoms. The number of amides is 1. The normalized spacial score (nSPS) is 10.5. The van der Waals surface area contributed by atoms with E-state index in [2.05, 4.69) is 25.5 Å². The van der Waals surface area contributed by atoms with Crippen molar-refractivity contribution in [1.29, 1.82) is 0 Å². The van der Waals surface area contributed by atoms with Gasteiger partial charge in [0, 0.05) is 11.1 Å². The van der Waals surface area contributed by atoms with Crippen LogP contribution in [0.4, 0.5) is 0 Å². The number of carbonyl (C=O) groups is 1. The molecule has 2 aromatic carbocycles. The van der Waals surface area contributed by atoms with Crippen LogP contribution in [-0.2, 0) is 6.54 Å². The molecule has 2 N–H and O–H groups in total. The maximum atomic E-state index is 12.7. The van der Waals surface area contributed by atoms with Gasteiger partial charge in [0.1, 0.15) is 17.8 Å². The molecule has 2 heterocycles. The summed E-state index contributed by atoms with van der Waals surface area (Å²) >= 11 is 0. The second-order valence-corrected chi connectivity index (χ2v) is 7.39. The van der Waals surface area contributed by atoms with Crippen molar-refractivity contribution in [1.82, 2.24) is 25.5 Å². The molecule has 180 valence electrons. The van der Waals surface area contributed by atoms with Gasteiger partial charge in [-0.1, -0.05) is 0 Å². The summed E-state index contributed by atoms with van der Waals surface area (Å²) in [6.07, 6.45) is 1.47. The highest BCUT2D eigenvalue weighted by Crippen LogP contribution is 2.40. The minimum absolute atomic E-state index is 0.225. The van der Waals surface area contributed by atoms with Crippen LogP contribution in [0.15, 0.2) is 54.9 Å². The van der Waals surface area contributed by atoms with Crippen LogP contribution in [0.25, 0.3) is 22.5 Å². The number of rotatable bonds is 9. The summed E-state index contributed by atoms with van der Waals surface area (Å²) in [6.45, 7) is 0.225. The van der Waals surface area contributed by atoms with Crippen LogP contribution in [0, 0.1) is 0 Å². The molecule has 0 bridgehead atoms. The molecule has 0 spiro atoms. The Bertz CT molecular complexity index is 1300. The number of hydrogen-bond acceptors (Lipinski definition) is 8. The van der Waals surface area contributed by atoms with Gasteiger partial charge < -0.3 is 24.3 Å². The number of aromatic amines is 1. The molecule has 0 saturated heterocycles. The quantitative estimate of drug-likeness (QED) is 0.377. The molecule has 0 saturated carbocycles. The van der Waals surface area contributed by atoms with Crippen LogP contribution in [-0.4, -0.2) is 54.5 Å². The second kappa shape index (κ2) is 10.6. The van der Waals surface area contributed by atoms with Crippen LogP contribution in [0.3, 0.4) is 0 Å². The molecular weight excluding hydrogens is 450 g/mol. The van der Waals surface area contributed by atoms with Crippen molar-refractivity contribution in [2.24, 2.45) is 0 Å². The minimum Gasteiger partial charge on any atom is -0.497 e. The van der Waals surface area contributed by atoms with Gasteiger partial charge in [-0.15, -0.1) is 0 Å². The van der Waals surface area contributed by atoms with Gasteiger partial charge in [0.15, 0.2) is 11.5 Å². The Balaban J connectivity index is 1.46. The first kappa shape index (κ1) is 23.6. The Labute approximate surface area is 202 Å². The van der Waals surface area contributed by atoms with Crippen molar-refractivity contribution in [3.05, 3.63) is 66.2 Å². The number of H-pyrrole nitrogens is 1. The van der Waals surface area contributed by atoms with E-state index in [-0.39, 0.29) is 12.5 Å². The largest absolute Gasteiger partial charge is 0.497 e. The van der Waals surface area contributed by atoms with Gasteiger partial charge in [-0.25, -0.2) is 9.97 Å². The second-order valence-electron chi connectivity index (χ2n) is 7.39. The fourth-order valence-corrected chi connectivity index (χ4v) is 3.49. The molecular formula is C25H25N5O5. The number of nitrogens with zero attached hydrogens (tertiary/aromatic N) is 3. The standard InChI is InChI=1S/C25H25N5O5/c1-32-18-7-5-15(6-8-18)19-11-17(27-14-28-19)13-26-25(31)21-12-20(29-30-21)16-9-22(33-2)24(35-4)23(10-16)34-3/h5-12,14H,13H2,1-4H3,(H,26,31)(H,29,30). The van der Waals surface area contributed by atoms with Gasteiger partial charge in [0.25, 0.3) is 5.91 Å². The zero-order chi connectivity index (χ0) is 24.8. The molecule has 0 aliphatic heterocycles. The Kier molecular flexibility index (Phi) is 7.10. The van der Waals surface area contributed by atoms with Crippen molar-refractivity contribution in [3.63, 3.8) is 0 Å². The maximum absolute atomic E-state index is 12.7. The lowest BCUT2D eigenvalue weighted by Gasteiger charge is -2.13. The predicted molar refractivity (Wildman–Crippen MR) is 129 cm³/mol. The molecule has 10 nitrogen and oxygen atoms in total. The fourth-order valence-electron chi connectivity index (χ4n) is 3.49. The Morgan fingerprint density at radius 1 is 0.829 bits per heavy atom. The predicted octanol–water partition coefficient (Wildman–Crippen LogP) is 3.50. The van der Waals surface area contributed by atoms with E-state index >= 15 is 0 Å². The molecule has 0 fully saturated rings. The molecule has 4 aromatic rings. The molecule has 2 aromatic heterocycles. The topological polar surface area (TPSA) is 120 Å². The average Bonchev–Trinajstić information content (AvgIpc) is 3.41. The van der Waals surface area contributed by atoms with E-state index < -0.39 is 0 Å². The van der Waals surface area contributed by atoms with Crippen molar-refractivity contribution >= 4 is 5.91 Å². The summed E-state index contributed by atoms with van der Waals surface area (Å²) < 4.78 is 21.3. The average molecular weight is 476 g/mol. The zero-order valence-corrected chi connectivity index (χ0v) is 19.8. The third-order valence-corrected chi connectivity index (χ3v) is 5.32. The molecule has 0 atom stereocenters. The highest BCUT2D eigenvalue weighted by atomic mass is 16.5. The van der Waals surface area contributed by atoms with Crippen LogP contribution in [0.2, 0.25) is 0 Å². The first-order valence-corrected chi connectivity index (χ1v) is 10.7. The lowest BCUT2D eigenvalue weighted by molar-refractivity contribution is 0.0945. The van der Waals surface area contributed by atoms with E-state index in [1.54, 1.807) is 25.3 Å². The highest BCUT2D eigenvalue weighted by molar-refractivity contribution is 5.93. The number of hydrogen-bond donors (Lipinski definition) is 2. The molecule has 35 heavy (non-hydrogen) atoms. The summed E-state index contributed by atoms with van der Waals surface area (Å²) in [7, 11) is 6.23. The first-order chi connectivity index (χ1) is 17.1. The molecule has 0 aliphatic rings.